The molecule has 0 aliphatic carbocycles. The van der Waals surface area contributed by atoms with Gasteiger partial charge in [-0.1, -0.05) is 48.5 Å². The van der Waals surface area contributed by atoms with Crippen molar-refractivity contribution in [1.29, 1.82) is 0 Å². The van der Waals surface area contributed by atoms with Gasteiger partial charge in [-0.15, -0.1) is 0 Å². The molecule has 288 valence electrons. The summed E-state index contributed by atoms with van der Waals surface area (Å²) in [6.07, 6.45) is 0. The molecule has 0 unspecified atom stereocenters. The minimum absolute atomic E-state index is 0. The molecule has 6 aromatic rings. The van der Waals surface area contributed by atoms with Crippen molar-refractivity contribution in [3.8, 4) is 0 Å². The summed E-state index contributed by atoms with van der Waals surface area (Å²) < 4.78 is 69.3. The van der Waals surface area contributed by atoms with Crippen LogP contribution in [0.4, 0.5) is 27.5 Å². The van der Waals surface area contributed by atoms with E-state index in [0.29, 0.717) is 21.5 Å². The van der Waals surface area contributed by atoms with E-state index in [1.54, 1.807) is 48.5 Å². The Morgan fingerprint density at radius 2 is 0.759 bits per heavy atom. The zero-order valence-electron chi connectivity index (χ0n) is 28.2. The van der Waals surface area contributed by atoms with E-state index < -0.39 is 70.9 Å². The van der Waals surface area contributed by atoms with Crippen LogP contribution in [-0.4, -0.2) is 125 Å². The number of carbonyl (C=O) groups excluding carboxylic acids is 3. The Morgan fingerprint density at radius 1 is 0.431 bits per heavy atom. The van der Waals surface area contributed by atoms with Gasteiger partial charge >= 0.3 is 77.1 Å². The van der Waals surface area contributed by atoms with Gasteiger partial charge in [-0.05, 0) is 82.2 Å². The number of rotatable bonds is 10. The molecule has 0 bridgehead atoms. The van der Waals surface area contributed by atoms with Crippen molar-refractivity contribution in [3.63, 3.8) is 0 Å². The van der Waals surface area contributed by atoms with Crippen LogP contribution in [0.15, 0.2) is 119 Å². The quantitative estimate of drug-likeness (QED) is 0.0684. The summed E-state index contributed by atoms with van der Waals surface area (Å²) in [5.74, 6) is -5.01. The predicted octanol–water partition coefficient (Wildman–Crippen LogP) is 4.73. The number of carboxylic acid groups (broad SMARTS) is 2. The van der Waals surface area contributed by atoms with Crippen LogP contribution in [0.2, 0.25) is 0 Å². The number of urea groups is 1. The van der Waals surface area contributed by atoms with Crippen molar-refractivity contribution in [3.05, 3.63) is 131 Å². The zero-order chi connectivity index (χ0) is 40.5. The van der Waals surface area contributed by atoms with Gasteiger partial charge in [0.1, 0.15) is 9.79 Å². The standard InChI is InChI=1S/C37H26N4O13S2.2Na.2H/c42-33(40-29-15-21-7-3-1-5-19(21)13-27(29)35(44)45)25-11-9-23(17-31(25)55(49,50)51)38-37(48)39-24-10-12-26(32(18-24)56(52,53)54)34(43)41-30-16-22-8-4-2-6-20(22)14-28(30)36(46)47;;;;/h1-18H,(H,40,42)(H,41,43)(H,44,45)(H,46,47)(H2,38,39,48)(H,49,50,51)(H,52,53,54);;;;. The fourth-order valence-corrected chi connectivity index (χ4v) is 7.15. The molecule has 0 radical (unpaired) electrons. The monoisotopic (exact) mass is 846 g/mol. The van der Waals surface area contributed by atoms with Crippen molar-refractivity contribution in [2.45, 2.75) is 9.79 Å². The number of carboxylic acids is 2. The minimum atomic E-state index is -5.14. The molecule has 0 saturated carbocycles. The Balaban J connectivity index is 0.00000372. The number of benzene rings is 6. The summed E-state index contributed by atoms with van der Waals surface area (Å²) >= 11 is 0. The molecule has 58 heavy (non-hydrogen) atoms. The van der Waals surface area contributed by atoms with Crippen LogP contribution >= 0.6 is 0 Å². The van der Waals surface area contributed by atoms with Crippen molar-refractivity contribution in [1.82, 2.24) is 0 Å². The summed E-state index contributed by atoms with van der Waals surface area (Å²) in [5, 5.41) is 30.8. The number of anilines is 4. The van der Waals surface area contributed by atoms with Crippen LogP contribution < -0.4 is 21.3 Å². The van der Waals surface area contributed by atoms with Gasteiger partial charge in [-0.3, -0.25) is 18.7 Å². The molecule has 0 aromatic heterocycles. The molecule has 0 heterocycles. The Kier molecular flexibility index (Phi) is 14.3. The molecule has 0 fully saturated rings. The second kappa shape index (κ2) is 18.2. The predicted molar refractivity (Wildman–Crippen MR) is 217 cm³/mol. The third kappa shape index (κ3) is 10.3. The molecule has 0 aliphatic heterocycles. The van der Waals surface area contributed by atoms with Crippen LogP contribution in [-0.2, 0) is 20.2 Å². The van der Waals surface area contributed by atoms with Crippen LogP contribution in [0, 0.1) is 0 Å². The van der Waals surface area contributed by atoms with Gasteiger partial charge in [0.15, 0.2) is 0 Å². The van der Waals surface area contributed by atoms with Gasteiger partial charge < -0.3 is 31.5 Å². The van der Waals surface area contributed by atoms with Crippen molar-refractivity contribution >= 4 is 153 Å². The van der Waals surface area contributed by atoms with Gasteiger partial charge in [0.2, 0.25) is 0 Å². The van der Waals surface area contributed by atoms with E-state index in [-0.39, 0.29) is 93.0 Å². The van der Waals surface area contributed by atoms with E-state index in [1.807, 2.05) is 0 Å². The Labute approximate surface area is 372 Å². The van der Waals surface area contributed by atoms with E-state index in [1.165, 1.54) is 24.3 Å². The van der Waals surface area contributed by atoms with Crippen molar-refractivity contribution in [2.75, 3.05) is 21.3 Å². The van der Waals surface area contributed by atoms with Crippen molar-refractivity contribution in [2.24, 2.45) is 0 Å². The SMILES string of the molecule is O=C(Nc1ccc(C(=O)Nc2cc3ccccc3cc2C(=O)O)c(S(=O)(=O)O)c1)Nc1ccc(C(=O)Nc2cc3ccccc3cc2C(=O)O)c(S(=O)(=O)O)c1.[NaH].[NaH]. The molecule has 17 nitrogen and oxygen atoms in total. The fourth-order valence-electron chi connectivity index (χ4n) is 5.72. The van der Waals surface area contributed by atoms with Gasteiger partial charge in [0.25, 0.3) is 32.1 Å². The first kappa shape index (κ1) is 45.5. The third-order valence-corrected chi connectivity index (χ3v) is 10.0. The van der Waals surface area contributed by atoms with Crippen LogP contribution in [0.1, 0.15) is 41.4 Å². The van der Waals surface area contributed by atoms with Gasteiger partial charge in [0.05, 0.1) is 33.6 Å². The average molecular weight is 847 g/mol. The fraction of sp³-hybridized carbons (Fsp3) is 0. The number of fused-ring (bicyclic) bond motifs is 2. The molecule has 0 spiro atoms. The number of carbonyl (C=O) groups is 5. The summed E-state index contributed by atoms with van der Waals surface area (Å²) in [6, 6.07) is 23.1. The third-order valence-electron chi connectivity index (χ3n) is 8.25. The summed E-state index contributed by atoms with van der Waals surface area (Å²) in [6.45, 7) is 0. The molecule has 6 rings (SSSR count). The van der Waals surface area contributed by atoms with Crippen LogP contribution in [0.3, 0.4) is 0 Å². The Hall–Kier alpha value is -5.19. The van der Waals surface area contributed by atoms with E-state index in [2.05, 4.69) is 21.3 Å². The molecular formula is C37H28N4Na2O13S2. The second-order valence-corrected chi connectivity index (χ2v) is 14.7. The number of nitrogens with one attached hydrogen (secondary N) is 4. The van der Waals surface area contributed by atoms with Gasteiger partial charge in [-0.2, -0.15) is 16.8 Å². The number of hydrogen-bond donors (Lipinski definition) is 8. The topological polar surface area (TPSA) is 283 Å². The summed E-state index contributed by atoms with van der Waals surface area (Å²) in [4.78, 5) is 61.4. The molecule has 0 atom stereocenters. The number of hydrogen-bond acceptors (Lipinski definition) is 9. The average Bonchev–Trinajstić information content (AvgIpc) is 3.13. The zero-order valence-corrected chi connectivity index (χ0v) is 29.8. The summed E-state index contributed by atoms with van der Waals surface area (Å²) in [7, 11) is -10.3. The normalized spacial score (nSPS) is 11.1. The van der Waals surface area contributed by atoms with E-state index in [9.17, 15) is 60.1 Å². The van der Waals surface area contributed by atoms with Crippen LogP contribution in [0.25, 0.3) is 21.5 Å². The maximum absolute atomic E-state index is 13.3. The Morgan fingerprint density at radius 3 is 1.07 bits per heavy atom. The molecule has 0 saturated heterocycles. The number of aromatic carboxylic acids is 2. The van der Waals surface area contributed by atoms with E-state index in [0.717, 1.165) is 36.4 Å². The molecule has 8 N–H and O–H groups in total. The molecule has 6 aromatic carbocycles. The first-order chi connectivity index (χ1) is 26.4. The maximum atomic E-state index is 13.3. The van der Waals surface area contributed by atoms with E-state index >= 15 is 0 Å². The second-order valence-electron chi connectivity index (χ2n) is 12.0. The van der Waals surface area contributed by atoms with Gasteiger partial charge in [-0.25, -0.2) is 14.4 Å². The van der Waals surface area contributed by atoms with Crippen molar-refractivity contribution < 1.29 is 60.1 Å². The first-order valence-corrected chi connectivity index (χ1v) is 18.7. The Bertz CT molecular complexity index is 2710. The van der Waals surface area contributed by atoms with Gasteiger partial charge in [0, 0.05) is 11.4 Å². The molecular weight excluding hydrogens is 819 g/mol. The van der Waals surface area contributed by atoms with Crippen LogP contribution in [0.5, 0.6) is 0 Å². The molecule has 21 heteroatoms. The first-order valence-electron chi connectivity index (χ1n) is 15.8. The van der Waals surface area contributed by atoms with E-state index in [4.69, 9.17) is 0 Å². The number of amides is 4. The molecule has 0 aliphatic rings. The summed E-state index contributed by atoms with van der Waals surface area (Å²) in [5.41, 5.74) is -2.76. The molecule has 4 amide bonds.